The van der Waals surface area contributed by atoms with E-state index in [0.717, 1.165) is 0 Å². The Balaban J connectivity index is 2.40. The third-order valence-electron chi connectivity index (χ3n) is 0.221. The summed E-state index contributed by atoms with van der Waals surface area (Å²) in [6.45, 7) is 3.63. The van der Waals surface area contributed by atoms with Crippen LogP contribution in [0.15, 0.2) is 0 Å². The predicted octanol–water partition coefficient (Wildman–Crippen LogP) is 0.590. The minimum Gasteiger partial charge on any atom is -0.269 e. The van der Waals surface area contributed by atoms with Crippen molar-refractivity contribution in [3.8, 4) is 0 Å². The standard InChI is InChI=1S/C3H6ClO/c1-5-3-2-4/h1-3H2/q+1. The Morgan fingerprint density at radius 2 is 2.40 bits per heavy atom. The molecule has 0 amide bonds. The smallest absolute Gasteiger partial charge is 0.269 e. The van der Waals surface area contributed by atoms with Gasteiger partial charge in [0.25, 0.3) is 13.4 Å². The minimum atomic E-state index is 0.531. The van der Waals surface area contributed by atoms with E-state index in [1.165, 1.54) is 0 Å². The summed E-state index contributed by atoms with van der Waals surface area (Å²) in [4.78, 5) is 0. The van der Waals surface area contributed by atoms with E-state index < -0.39 is 0 Å². The van der Waals surface area contributed by atoms with Gasteiger partial charge in [0, 0.05) is 0 Å². The van der Waals surface area contributed by atoms with Gasteiger partial charge in [-0.3, -0.25) is 4.42 Å². The van der Waals surface area contributed by atoms with Crippen molar-refractivity contribution in [3.05, 3.63) is 0 Å². The second-order valence-corrected chi connectivity index (χ2v) is 0.975. The largest absolute Gasteiger partial charge is 0.275 e. The average Bonchev–Trinajstić information content (AvgIpc) is 1.41. The molecule has 2 heteroatoms. The fourth-order valence-electron chi connectivity index (χ4n) is 0.0546. The van der Waals surface area contributed by atoms with Crippen LogP contribution in [-0.4, -0.2) is 19.3 Å². The Morgan fingerprint density at radius 1 is 1.80 bits per heavy atom. The summed E-state index contributed by atoms with van der Waals surface area (Å²) < 4.78 is 4.31. The van der Waals surface area contributed by atoms with Gasteiger partial charge in [0.1, 0.15) is 5.88 Å². The van der Waals surface area contributed by atoms with Crippen LogP contribution in [0.4, 0.5) is 0 Å². The van der Waals surface area contributed by atoms with E-state index in [0.29, 0.717) is 12.5 Å². The summed E-state index contributed by atoms with van der Waals surface area (Å²) in [6.07, 6.45) is 0. The van der Waals surface area contributed by atoms with Gasteiger partial charge in [-0.1, -0.05) is 0 Å². The van der Waals surface area contributed by atoms with Crippen LogP contribution < -0.4 is 0 Å². The molecule has 1 nitrogen and oxygen atoms in total. The van der Waals surface area contributed by atoms with E-state index in [1.54, 1.807) is 0 Å². The van der Waals surface area contributed by atoms with E-state index in [-0.39, 0.29) is 0 Å². The molecule has 0 spiro atoms. The second-order valence-electron chi connectivity index (χ2n) is 0.597. The van der Waals surface area contributed by atoms with E-state index in [9.17, 15) is 0 Å². The third kappa shape index (κ3) is 3.96. The Hall–Kier alpha value is -0.0400. The second kappa shape index (κ2) is 3.96. The van der Waals surface area contributed by atoms with E-state index >= 15 is 0 Å². The molecule has 0 unspecified atom stereocenters. The van der Waals surface area contributed by atoms with Crippen LogP contribution in [-0.2, 0) is 4.42 Å². The molecule has 30 valence electrons. The molecule has 0 aromatic carbocycles. The number of hydrogen-bond donors (Lipinski definition) is 0. The Kier molecular flexibility index (Phi) is 3.93. The van der Waals surface area contributed by atoms with E-state index in [1.807, 2.05) is 0 Å². The average molecular weight is 93.5 g/mol. The molecule has 0 N–H and O–H groups in total. The lowest BCUT2D eigenvalue weighted by molar-refractivity contribution is -0.441. The van der Waals surface area contributed by atoms with Crippen molar-refractivity contribution in [1.82, 2.24) is 0 Å². The molecule has 0 saturated carbocycles. The van der Waals surface area contributed by atoms with Crippen molar-refractivity contribution in [2.24, 2.45) is 0 Å². The minimum absolute atomic E-state index is 0.531. The molecule has 0 aliphatic carbocycles. The normalized spacial score (nSPS) is 7.40. The van der Waals surface area contributed by atoms with Crippen LogP contribution >= 0.6 is 11.6 Å². The molecule has 0 bridgehead atoms. The van der Waals surface area contributed by atoms with Gasteiger partial charge >= 0.3 is 0 Å². The molecule has 0 rings (SSSR count). The lowest BCUT2D eigenvalue weighted by atomic mass is 10.9. The topological polar surface area (TPSA) is 11.3 Å². The Labute approximate surface area is 36.3 Å². The van der Waals surface area contributed by atoms with Gasteiger partial charge in [0.2, 0.25) is 0 Å². The summed E-state index contributed by atoms with van der Waals surface area (Å²) in [6, 6.07) is 0. The van der Waals surface area contributed by atoms with Gasteiger partial charge in [0.15, 0.2) is 0 Å². The molecular formula is C3H6ClO+. The summed E-state index contributed by atoms with van der Waals surface area (Å²) in [7, 11) is 0. The number of halogens is 1. The first-order valence-corrected chi connectivity index (χ1v) is 1.88. The number of alkyl halides is 1. The van der Waals surface area contributed by atoms with Crippen molar-refractivity contribution >= 4 is 18.4 Å². The van der Waals surface area contributed by atoms with Crippen molar-refractivity contribution in [3.63, 3.8) is 0 Å². The van der Waals surface area contributed by atoms with E-state index in [2.05, 4.69) is 11.2 Å². The Morgan fingerprint density at radius 3 is 2.40 bits per heavy atom. The first-order valence-electron chi connectivity index (χ1n) is 1.34. The number of carbonyl (C=O) groups excluding carboxylic acids is 1. The maximum Gasteiger partial charge on any atom is 0.275 e. The van der Waals surface area contributed by atoms with Crippen molar-refractivity contribution in [2.75, 3.05) is 12.5 Å². The highest BCUT2D eigenvalue weighted by Gasteiger charge is 1.76. The molecule has 0 aliphatic rings. The van der Waals surface area contributed by atoms with Crippen LogP contribution in [0.3, 0.4) is 0 Å². The zero-order valence-corrected chi connectivity index (χ0v) is 3.66. The third-order valence-corrected chi connectivity index (χ3v) is 0.376. The highest BCUT2D eigenvalue weighted by atomic mass is 35.5. The van der Waals surface area contributed by atoms with Crippen LogP contribution in [0.2, 0.25) is 0 Å². The fourth-order valence-corrected chi connectivity index (χ4v) is 0.164. The molecule has 0 aromatic rings. The monoisotopic (exact) mass is 93.0 g/mol. The molecule has 5 heavy (non-hydrogen) atoms. The van der Waals surface area contributed by atoms with Gasteiger partial charge in [-0.2, -0.15) is 0 Å². The van der Waals surface area contributed by atoms with Gasteiger partial charge < -0.3 is 0 Å². The zero-order valence-electron chi connectivity index (χ0n) is 2.91. The molecule has 0 heterocycles. The van der Waals surface area contributed by atoms with Crippen LogP contribution in [0.5, 0.6) is 0 Å². The summed E-state index contributed by atoms with van der Waals surface area (Å²) in [5, 5.41) is 0. The summed E-state index contributed by atoms with van der Waals surface area (Å²) >= 11 is 5.14. The lowest BCUT2D eigenvalue weighted by Gasteiger charge is -1.61. The molecular weight excluding hydrogens is 87.5 g/mol. The zero-order chi connectivity index (χ0) is 4.12. The van der Waals surface area contributed by atoms with Gasteiger partial charge in [-0.15, -0.1) is 11.6 Å². The molecule has 0 saturated heterocycles. The molecule has 0 atom stereocenters. The molecule has 0 radical (unpaired) electrons. The first-order chi connectivity index (χ1) is 2.41. The summed E-state index contributed by atoms with van der Waals surface area (Å²) in [5.74, 6) is 0.531. The first kappa shape index (κ1) is 4.96. The maximum absolute atomic E-state index is 5.14. The Bertz CT molecular complexity index is 28.1. The van der Waals surface area contributed by atoms with Crippen LogP contribution in [0, 0.1) is 0 Å². The molecule has 0 aliphatic heterocycles. The summed E-state index contributed by atoms with van der Waals surface area (Å²) in [5.41, 5.74) is 0. The van der Waals surface area contributed by atoms with Crippen molar-refractivity contribution in [2.45, 2.75) is 0 Å². The molecule has 0 aromatic heterocycles. The lowest BCUT2D eigenvalue weighted by Crippen LogP contribution is -1.80. The quantitative estimate of drug-likeness (QED) is 0.350. The van der Waals surface area contributed by atoms with E-state index in [4.69, 9.17) is 11.6 Å². The van der Waals surface area contributed by atoms with Crippen LogP contribution in [0.1, 0.15) is 0 Å². The van der Waals surface area contributed by atoms with Gasteiger partial charge in [-0.25, -0.2) is 0 Å². The highest BCUT2D eigenvalue weighted by molar-refractivity contribution is 6.17. The van der Waals surface area contributed by atoms with Gasteiger partial charge in [0.05, 0.1) is 0 Å². The SMILES string of the molecule is C=[O+]CCCl. The predicted molar refractivity (Wildman–Crippen MR) is 22.7 cm³/mol. The highest BCUT2D eigenvalue weighted by Crippen LogP contribution is 1.66. The number of hydrogen-bond acceptors (Lipinski definition) is 0. The maximum atomic E-state index is 5.14. The van der Waals surface area contributed by atoms with Crippen LogP contribution in [0.25, 0.3) is 0 Å². The fraction of sp³-hybridized carbons (Fsp3) is 0.667. The van der Waals surface area contributed by atoms with Gasteiger partial charge in [-0.05, 0) is 0 Å². The number of rotatable bonds is 2. The van der Waals surface area contributed by atoms with Crippen molar-refractivity contribution in [1.29, 1.82) is 0 Å². The van der Waals surface area contributed by atoms with Crippen molar-refractivity contribution < 1.29 is 4.42 Å². The molecule has 0 fully saturated rings.